The molecule has 0 aromatic carbocycles. The van der Waals surface area contributed by atoms with Crippen LogP contribution in [0.15, 0.2) is 16.5 Å². The summed E-state index contributed by atoms with van der Waals surface area (Å²) >= 11 is 0. The molecule has 0 bridgehead atoms. The summed E-state index contributed by atoms with van der Waals surface area (Å²) in [6.45, 7) is 3.97. The largest absolute Gasteiger partial charge is 0.475 e. The summed E-state index contributed by atoms with van der Waals surface area (Å²) in [4.78, 5) is 10.7. The molecule has 4 heteroatoms. The van der Waals surface area contributed by atoms with Crippen LogP contribution in [0.4, 0.5) is 0 Å². The van der Waals surface area contributed by atoms with Crippen molar-refractivity contribution in [3.8, 4) is 12.3 Å². The van der Waals surface area contributed by atoms with Crippen molar-refractivity contribution in [3.05, 3.63) is 23.7 Å². The van der Waals surface area contributed by atoms with Gasteiger partial charge in [0.15, 0.2) is 0 Å². The Morgan fingerprint density at radius 3 is 2.82 bits per heavy atom. The summed E-state index contributed by atoms with van der Waals surface area (Å²) in [5.74, 6) is 2.12. The monoisotopic (exact) mass is 235 g/mol. The van der Waals surface area contributed by atoms with Crippen LogP contribution in [0.3, 0.4) is 0 Å². The fourth-order valence-corrected chi connectivity index (χ4v) is 1.60. The van der Waals surface area contributed by atoms with E-state index in [1.54, 1.807) is 6.07 Å². The topological polar surface area (TPSA) is 62.5 Å². The first-order chi connectivity index (χ1) is 8.08. The first-order valence-electron chi connectivity index (χ1n) is 5.61. The molecule has 0 radical (unpaired) electrons. The summed E-state index contributed by atoms with van der Waals surface area (Å²) in [6, 6.07) is 3.29. The van der Waals surface area contributed by atoms with E-state index in [0.29, 0.717) is 12.2 Å². The van der Waals surface area contributed by atoms with Crippen LogP contribution in [0.25, 0.3) is 0 Å². The van der Waals surface area contributed by atoms with Crippen LogP contribution in [-0.2, 0) is 0 Å². The van der Waals surface area contributed by atoms with Crippen LogP contribution < -0.4 is 5.32 Å². The fraction of sp³-hybridized carbons (Fsp3) is 0.462. The van der Waals surface area contributed by atoms with Gasteiger partial charge in [-0.2, -0.15) is 0 Å². The maximum atomic E-state index is 10.7. The quantitative estimate of drug-likeness (QED) is 0.743. The first kappa shape index (κ1) is 13.3. The standard InChI is InChI=1S/C13H17NO3/c1-4-6-10(5-2)14-9(3)11-7-8-12(17-11)13(15)16/h1,7-10,14H,5-6H2,2-3H3,(H,15,16). The van der Waals surface area contributed by atoms with Crippen LogP contribution in [0.2, 0.25) is 0 Å². The minimum atomic E-state index is -1.06. The number of hydrogen-bond acceptors (Lipinski definition) is 3. The van der Waals surface area contributed by atoms with Gasteiger partial charge in [-0.3, -0.25) is 0 Å². The third-order valence-electron chi connectivity index (χ3n) is 2.61. The number of carboxylic acids is 1. The molecular weight excluding hydrogens is 218 g/mol. The van der Waals surface area contributed by atoms with E-state index < -0.39 is 5.97 Å². The maximum Gasteiger partial charge on any atom is 0.371 e. The zero-order valence-electron chi connectivity index (χ0n) is 10.1. The number of terminal acetylenes is 1. The lowest BCUT2D eigenvalue weighted by molar-refractivity contribution is 0.0659. The summed E-state index contributed by atoms with van der Waals surface area (Å²) in [5.41, 5.74) is 0. The Morgan fingerprint density at radius 2 is 2.35 bits per heavy atom. The van der Waals surface area contributed by atoms with Crippen LogP contribution in [-0.4, -0.2) is 17.1 Å². The number of aromatic carboxylic acids is 1. The molecular formula is C13H17NO3. The lowest BCUT2D eigenvalue weighted by Gasteiger charge is -2.18. The van der Waals surface area contributed by atoms with E-state index >= 15 is 0 Å². The molecule has 2 atom stereocenters. The Hall–Kier alpha value is -1.73. The predicted molar refractivity (Wildman–Crippen MR) is 64.7 cm³/mol. The van der Waals surface area contributed by atoms with E-state index in [-0.39, 0.29) is 17.8 Å². The summed E-state index contributed by atoms with van der Waals surface area (Å²) in [7, 11) is 0. The highest BCUT2D eigenvalue weighted by Crippen LogP contribution is 2.17. The number of carboxylic acid groups (broad SMARTS) is 1. The predicted octanol–water partition coefficient (Wildman–Crippen LogP) is 2.43. The SMILES string of the molecule is C#CCC(CC)NC(C)c1ccc(C(=O)O)o1. The molecule has 0 aliphatic carbocycles. The molecule has 0 saturated carbocycles. The summed E-state index contributed by atoms with van der Waals surface area (Å²) in [5, 5.41) is 12.1. The highest BCUT2D eigenvalue weighted by Gasteiger charge is 2.16. The van der Waals surface area contributed by atoms with Crippen molar-refractivity contribution in [2.24, 2.45) is 0 Å². The molecule has 0 saturated heterocycles. The van der Waals surface area contributed by atoms with Gasteiger partial charge in [-0.05, 0) is 25.5 Å². The van der Waals surface area contributed by atoms with Gasteiger partial charge in [0.05, 0.1) is 6.04 Å². The van der Waals surface area contributed by atoms with Gasteiger partial charge >= 0.3 is 5.97 Å². The third-order valence-corrected chi connectivity index (χ3v) is 2.61. The van der Waals surface area contributed by atoms with E-state index in [4.69, 9.17) is 15.9 Å². The minimum absolute atomic E-state index is 0.0429. The van der Waals surface area contributed by atoms with Gasteiger partial charge in [0.2, 0.25) is 5.76 Å². The van der Waals surface area contributed by atoms with Gasteiger partial charge in [0.1, 0.15) is 5.76 Å². The van der Waals surface area contributed by atoms with Gasteiger partial charge in [-0.25, -0.2) is 4.79 Å². The lowest BCUT2D eigenvalue weighted by Crippen LogP contribution is -2.30. The van der Waals surface area contributed by atoms with Gasteiger partial charge in [0, 0.05) is 12.5 Å². The molecule has 0 aliphatic heterocycles. The Balaban J connectivity index is 2.65. The highest BCUT2D eigenvalue weighted by molar-refractivity contribution is 5.84. The van der Waals surface area contributed by atoms with E-state index in [0.717, 1.165) is 6.42 Å². The average Bonchev–Trinajstić information content (AvgIpc) is 2.77. The molecule has 92 valence electrons. The van der Waals surface area contributed by atoms with Crippen molar-refractivity contribution in [2.45, 2.75) is 38.8 Å². The molecule has 0 fully saturated rings. The van der Waals surface area contributed by atoms with Crippen LogP contribution >= 0.6 is 0 Å². The second-order valence-corrected chi connectivity index (χ2v) is 3.91. The highest BCUT2D eigenvalue weighted by atomic mass is 16.4. The van der Waals surface area contributed by atoms with Crippen LogP contribution in [0.1, 0.15) is 49.0 Å². The Labute approximate surface area is 101 Å². The minimum Gasteiger partial charge on any atom is -0.475 e. The van der Waals surface area contributed by atoms with Gasteiger partial charge < -0.3 is 14.8 Å². The van der Waals surface area contributed by atoms with Crippen molar-refractivity contribution in [1.82, 2.24) is 5.32 Å². The molecule has 0 amide bonds. The second-order valence-electron chi connectivity index (χ2n) is 3.91. The normalized spacial score (nSPS) is 13.9. The average molecular weight is 235 g/mol. The second kappa shape index (κ2) is 6.12. The Kier molecular flexibility index (Phi) is 4.80. The van der Waals surface area contributed by atoms with Crippen molar-refractivity contribution in [1.29, 1.82) is 0 Å². The number of hydrogen-bond donors (Lipinski definition) is 2. The Morgan fingerprint density at radius 1 is 1.65 bits per heavy atom. The molecule has 17 heavy (non-hydrogen) atoms. The number of rotatable bonds is 6. The molecule has 1 aromatic rings. The smallest absolute Gasteiger partial charge is 0.371 e. The molecule has 1 rings (SSSR count). The number of carbonyl (C=O) groups is 1. The van der Waals surface area contributed by atoms with Crippen LogP contribution in [0.5, 0.6) is 0 Å². The van der Waals surface area contributed by atoms with Gasteiger partial charge in [0.25, 0.3) is 0 Å². The van der Waals surface area contributed by atoms with E-state index in [9.17, 15) is 4.79 Å². The zero-order valence-corrected chi connectivity index (χ0v) is 10.1. The Bertz CT molecular complexity index is 417. The molecule has 1 heterocycles. The zero-order chi connectivity index (χ0) is 12.8. The molecule has 0 spiro atoms. The van der Waals surface area contributed by atoms with Crippen LogP contribution in [0, 0.1) is 12.3 Å². The molecule has 2 N–H and O–H groups in total. The molecule has 2 unspecified atom stereocenters. The molecule has 1 aromatic heterocycles. The third kappa shape index (κ3) is 3.65. The van der Waals surface area contributed by atoms with Gasteiger partial charge in [-0.1, -0.05) is 6.92 Å². The van der Waals surface area contributed by atoms with Crippen molar-refractivity contribution < 1.29 is 14.3 Å². The first-order valence-corrected chi connectivity index (χ1v) is 5.61. The van der Waals surface area contributed by atoms with E-state index in [1.807, 2.05) is 13.8 Å². The molecule has 4 nitrogen and oxygen atoms in total. The van der Waals surface area contributed by atoms with Crippen molar-refractivity contribution in [3.63, 3.8) is 0 Å². The van der Waals surface area contributed by atoms with E-state index in [2.05, 4.69) is 11.2 Å². The van der Waals surface area contributed by atoms with Crippen molar-refractivity contribution in [2.75, 3.05) is 0 Å². The van der Waals surface area contributed by atoms with Crippen molar-refractivity contribution >= 4 is 5.97 Å². The summed E-state index contributed by atoms with van der Waals surface area (Å²) < 4.78 is 5.22. The van der Waals surface area contributed by atoms with Gasteiger partial charge in [-0.15, -0.1) is 12.3 Å². The fourth-order valence-electron chi connectivity index (χ4n) is 1.60. The number of nitrogens with one attached hydrogen (secondary N) is 1. The molecule has 0 aliphatic rings. The van der Waals surface area contributed by atoms with E-state index in [1.165, 1.54) is 6.07 Å². The maximum absolute atomic E-state index is 10.7. The summed E-state index contributed by atoms with van der Waals surface area (Å²) in [6.07, 6.45) is 6.84. The number of furan rings is 1. The lowest BCUT2D eigenvalue weighted by atomic mass is 10.1.